The Morgan fingerprint density at radius 1 is 1.30 bits per heavy atom. The predicted octanol–water partition coefficient (Wildman–Crippen LogP) is 2.28. The van der Waals surface area contributed by atoms with Gasteiger partial charge in [0.05, 0.1) is 11.6 Å². The molecule has 1 amide bonds. The largest absolute Gasteiger partial charge is 0.384 e. The van der Waals surface area contributed by atoms with E-state index >= 15 is 0 Å². The van der Waals surface area contributed by atoms with E-state index in [0.717, 1.165) is 17.8 Å². The van der Waals surface area contributed by atoms with Crippen LogP contribution in [-0.2, 0) is 4.79 Å². The number of benzene rings is 1. The van der Waals surface area contributed by atoms with Crippen LogP contribution < -0.4 is 21.7 Å². The molecule has 1 fully saturated rings. The first-order chi connectivity index (χ1) is 12.9. The Kier molecular flexibility index (Phi) is 5.82. The molecule has 3 rings (SSSR count). The van der Waals surface area contributed by atoms with Crippen molar-refractivity contribution >= 4 is 29.1 Å². The molecule has 1 atom stereocenters. The molecule has 8 heteroatoms. The van der Waals surface area contributed by atoms with Crippen molar-refractivity contribution in [3.05, 3.63) is 47.2 Å². The van der Waals surface area contributed by atoms with Crippen molar-refractivity contribution in [1.29, 1.82) is 0 Å². The van der Waals surface area contributed by atoms with Crippen LogP contribution in [0.15, 0.2) is 36.7 Å². The van der Waals surface area contributed by atoms with Gasteiger partial charge in [0.15, 0.2) is 0 Å². The zero-order chi connectivity index (χ0) is 19.4. The van der Waals surface area contributed by atoms with Gasteiger partial charge in [0.25, 0.3) is 0 Å². The molecule has 7 nitrogen and oxygen atoms in total. The highest BCUT2D eigenvalue weighted by atomic mass is 35.5. The normalized spacial score (nSPS) is 17.4. The number of nitrogens with zero attached hydrogens (tertiary/aromatic N) is 3. The monoisotopic (exact) mass is 388 g/mol. The zero-order valence-electron chi connectivity index (χ0n) is 15.4. The summed E-state index contributed by atoms with van der Waals surface area (Å²) in [5.41, 5.74) is 12.3. The molecule has 0 saturated carbocycles. The van der Waals surface area contributed by atoms with E-state index in [1.807, 2.05) is 31.2 Å². The van der Waals surface area contributed by atoms with Crippen molar-refractivity contribution < 1.29 is 4.79 Å². The maximum Gasteiger partial charge on any atom is 0.240 e. The molecule has 5 N–H and O–H groups in total. The van der Waals surface area contributed by atoms with Gasteiger partial charge in [-0.1, -0.05) is 30.7 Å². The van der Waals surface area contributed by atoms with Crippen molar-refractivity contribution in [3.8, 4) is 0 Å². The molecule has 1 aromatic heterocycles. The number of hydrogen-bond acceptors (Lipinski definition) is 6. The Hall–Kier alpha value is -2.38. The van der Waals surface area contributed by atoms with Crippen LogP contribution in [0.2, 0.25) is 5.02 Å². The quantitative estimate of drug-likeness (QED) is 0.724. The summed E-state index contributed by atoms with van der Waals surface area (Å²) < 4.78 is 0. The SMILES string of the molecule is CC[C@H](NC(=O)C1(N)CCN(c2cc(N)ncn2)CC1)c1ccc(Cl)cc1. The smallest absolute Gasteiger partial charge is 0.240 e. The number of nitrogen functional groups attached to an aromatic ring is 1. The maximum absolute atomic E-state index is 12.9. The maximum atomic E-state index is 12.9. The lowest BCUT2D eigenvalue weighted by Gasteiger charge is -2.39. The number of carbonyl (C=O) groups excluding carboxylic acids is 1. The van der Waals surface area contributed by atoms with Gasteiger partial charge in [0.2, 0.25) is 5.91 Å². The van der Waals surface area contributed by atoms with E-state index in [9.17, 15) is 4.79 Å². The number of halogens is 1. The van der Waals surface area contributed by atoms with Gasteiger partial charge >= 0.3 is 0 Å². The van der Waals surface area contributed by atoms with E-state index in [2.05, 4.69) is 20.2 Å². The molecule has 0 radical (unpaired) electrons. The van der Waals surface area contributed by atoms with Gasteiger partial charge in [-0.2, -0.15) is 0 Å². The average molecular weight is 389 g/mol. The number of nitrogens with one attached hydrogen (secondary N) is 1. The number of carbonyl (C=O) groups is 1. The third-order valence-electron chi connectivity index (χ3n) is 5.09. The first kappa shape index (κ1) is 19.4. The Balaban J connectivity index is 1.63. The molecule has 144 valence electrons. The van der Waals surface area contributed by atoms with Crippen LogP contribution in [0.3, 0.4) is 0 Å². The minimum atomic E-state index is -0.894. The zero-order valence-corrected chi connectivity index (χ0v) is 16.1. The van der Waals surface area contributed by atoms with Crippen molar-refractivity contribution in [2.24, 2.45) is 5.73 Å². The molecule has 1 aliphatic heterocycles. The number of rotatable bonds is 5. The Morgan fingerprint density at radius 3 is 2.56 bits per heavy atom. The summed E-state index contributed by atoms with van der Waals surface area (Å²) in [6.07, 6.45) is 3.30. The summed E-state index contributed by atoms with van der Waals surface area (Å²) in [7, 11) is 0. The van der Waals surface area contributed by atoms with Gasteiger partial charge in [-0.3, -0.25) is 4.79 Å². The number of amides is 1. The van der Waals surface area contributed by atoms with Gasteiger partial charge < -0.3 is 21.7 Å². The third kappa shape index (κ3) is 4.48. The predicted molar refractivity (Wildman–Crippen MR) is 107 cm³/mol. The molecule has 1 aromatic carbocycles. The molecule has 0 unspecified atom stereocenters. The van der Waals surface area contributed by atoms with Gasteiger partial charge in [-0.15, -0.1) is 0 Å². The van der Waals surface area contributed by atoms with Crippen LogP contribution in [0.1, 0.15) is 37.8 Å². The Morgan fingerprint density at radius 2 is 1.96 bits per heavy atom. The van der Waals surface area contributed by atoms with Gasteiger partial charge in [0.1, 0.15) is 18.0 Å². The average Bonchev–Trinajstić information content (AvgIpc) is 2.67. The third-order valence-corrected chi connectivity index (χ3v) is 5.34. The van der Waals surface area contributed by atoms with Crippen molar-refractivity contribution in [2.75, 3.05) is 23.7 Å². The molecule has 27 heavy (non-hydrogen) atoms. The summed E-state index contributed by atoms with van der Waals surface area (Å²) >= 11 is 5.95. The molecule has 2 aromatic rings. The topological polar surface area (TPSA) is 110 Å². The van der Waals surface area contributed by atoms with E-state index in [0.29, 0.717) is 36.8 Å². The summed E-state index contributed by atoms with van der Waals surface area (Å²) in [6.45, 7) is 3.31. The molecule has 0 spiro atoms. The number of piperidine rings is 1. The molecule has 1 saturated heterocycles. The summed E-state index contributed by atoms with van der Waals surface area (Å²) in [6, 6.07) is 9.17. The van der Waals surface area contributed by atoms with E-state index in [-0.39, 0.29) is 11.9 Å². The molecular formula is C19H25ClN6O. The Bertz CT molecular complexity index is 789. The molecular weight excluding hydrogens is 364 g/mol. The van der Waals surface area contributed by atoms with Crippen LogP contribution in [0.4, 0.5) is 11.6 Å². The lowest BCUT2D eigenvalue weighted by Crippen LogP contribution is -2.60. The first-order valence-corrected chi connectivity index (χ1v) is 9.47. The summed E-state index contributed by atoms with van der Waals surface area (Å²) in [5, 5.41) is 3.78. The fourth-order valence-electron chi connectivity index (χ4n) is 3.31. The molecule has 1 aliphatic rings. The van der Waals surface area contributed by atoms with Crippen LogP contribution in [-0.4, -0.2) is 34.5 Å². The number of aromatic nitrogens is 2. The number of hydrogen-bond donors (Lipinski definition) is 3. The molecule has 0 bridgehead atoms. The van der Waals surface area contributed by atoms with Gasteiger partial charge in [-0.25, -0.2) is 9.97 Å². The standard InChI is InChI=1S/C19H25ClN6O/c1-2-15(13-3-5-14(20)6-4-13)25-18(27)19(22)7-9-26(10-8-19)17-11-16(21)23-12-24-17/h3-6,11-12,15H,2,7-10,22H2,1H3,(H,25,27)(H2,21,23,24)/t15-/m0/s1. The second-order valence-corrected chi connectivity index (χ2v) is 7.37. The molecule has 2 heterocycles. The highest BCUT2D eigenvalue weighted by Crippen LogP contribution is 2.26. The van der Waals surface area contributed by atoms with E-state index in [4.69, 9.17) is 23.1 Å². The molecule has 0 aliphatic carbocycles. The van der Waals surface area contributed by atoms with Crippen LogP contribution in [0, 0.1) is 0 Å². The minimum absolute atomic E-state index is 0.0881. The Labute approximate surface area is 164 Å². The second-order valence-electron chi connectivity index (χ2n) is 6.93. The van der Waals surface area contributed by atoms with E-state index < -0.39 is 5.54 Å². The summed E-state index contributed by atoms with van der Waals surface area (Å²) in [4.78, 5) is 23.1. The van der Waals surface area contributed by atoms with Crippen molar-refractivity contribution in [3.63, 3.8) is 0 Å². The minimum Gasteiger partial charge on any atom is -0.384 e. The van der Waals surface area contributed by atoms with Crippen molar-refractivity contribution in [1.82, 2.24) is 15.3 Å². The summed E-state index contributed by atoms with van der Waals surface area (Å²) in [5.74, 6) is 1.07. The van der Waals surface area contributed by atoms with E-state index in [1.54, 1.807) is 6.07 Å². The van der Waals surface area contributed by atoms with Gasteiger partial charge in [-0.05, 0) is 37.0 Å². The highest BCUT2D eigenvalue weighted by molar-refractivity contribution is 6.30. The fraction of sp³-hybridized carbons (Fsp3) is 0.421. The van der Waals surface area contributed by atoms with Crippen LogP contribution >= 0.6 is 11.6 Å². The van der Waals surface area contributed by atoms with Gasteiger partial charge in [0, 0.05) is 24.2 Å². The lowest BCUT2D eigenvalue weighted by molar-refractivity contribution is -0.127. The van der Waals surface area contributed by atoms with E-state index in [1.165, 1.54) is 6.33 Å². The number of nitrogens with two attached hydrogens (primary N) is 2. The second kappa shape index (κ2) is 8.10. The van der Waals surface area contributed by atoms with Crippen LogP contribution in [0.5, 0.6) is 0 Å². The fourth-order valence-corrected chi connectivity index (χ4v) is 3.44. The lowest BCUT2D eigenvalue weighted by atomic mass is 9.87. The number of anilines is 2. The first-order valence-electron chi connectivity index (χ1n) is 9.09. The van der Waals surface area contributed by atoms with Crippen LogP contribution in [0.25, 0.3) is 0 Å². The highest BCUT2D eigenvalue weighted by Gasteiger charge is 2.38. The van der Waals surface area contributed by atoms with Crippen molar-refractivity contribution in [2.45, 2.75) is 37.8 Å².